The number of hydrogen-bond acceptors (Lipinski definition) is 5. The summed E-state index contributed by atoms with van der Waals surface area (Å²) in [6.45, 7) is 4.18. The normalized spacial score (nSPS) is 22.4. The van der Waals surface area contributed by atoms with Crippen molar-refractivity contribution in [2.45, 2.75) is 37.9 Å². The predicted octanol–water partition coefficient (Wildman–Crippen LogP) is 4.31. The van der Waals surface area contributed by atoms with Crippen LogP contribution in [0, 0.1) is 5.92 Å². The van der Waals surface area contributed by atoms with Crippen molar-refractivity contribution in [2.24, 2.45) is 5.92 Å². The third-order valence-corrected chi connectivity index (χ3v) is 5.54. The fourth-order valence-corrected chi connectivity index (χ4v) is 4.21. The van der Waals surface area contributed by atoms with E-state index in [1.807, 2.05) is 28.9 Å². The first-order chi connectivity index (χ1) is 12.1. The Kier molecular flexibility index (Phi) is 4.33. The fourth-order valence-electron chi connectivity index (χ4n) is 3.53. The third-order valence-electron chi connectivity index (χ3n) is 4.56. The van der Waals surface area contributed by atoms with Crippen LogP contribution < -0.4 is 5.32 Å². The molecule has 1 aromatic carbocycles. The van der Waals surface area contributed by atoms with Crippen molar-refractivity contribution in [1.29, 1.82) is 0 Å². The number of carbonyl (C=O) groups excluding carboxylic acids is 1. The molecule has 0 saturated carbocycles. The number of nitrogens with zero attached hydrogens (tertiary/aromatic N) is 3. The van der Waals surface area contributed by atoms with Gasteiger partial charge in [-0.25, -0.2) is 4.68 Å². The number of Topliss-reactive ketones (excluding diaryl/α,β-unsaturated/α-hetero) is 1. The van der Waals surface area contributed by atoms with E-state index in [4.69, 9.17) is 11.6 Å². The van der Waals surface area contributed by atoms with Crippen molar-refractivity contribution in [3.8, 4) is 0 Å². The molecule has 5 nitrogen and oxygen atoms in total. The van der Waals surface area contributed by atoms with Crippen LogP contribution >= 0.6 is 23.4 Å². The highest BCUT2D eigenvalue weighted by Gasteiger charge is 2.38. The highest BCUT2D eigenvalue weighted by Crippen LogP contribution is 2.41. The summed E-state index contributed by atoms with van der Waals surface area (Å²) in [7, 11) is 0. The van der Waals surface area contributed by atoms with Crippen molar-refractivity contribution >= 4 is 35.1 Å². The van der Waals surface area contributed by atoms with Gasteiger partial charge < -0.3 is 5.32 Å². The number of fused-ring (bicyclic) bond motifs is 1. The summed E-state index contributed by atoms with van der Waals surface area (Å²) in [4.78, 5) is 17.4. The molecule has 130 valence electrons. The van der Waals surface area contributed by atoms with Crippen LogP contribution in [0.25, 0.3) is 0 Å². The quantitative estimate of drug-likeness (QED) is 0.811. The fraction of sp³-hybridized carbons (Fsp3) is 0.389. The standard InChI is InChI=1S/C18H19ClN4OS/c1-3-25-18-21-17-20-13-8-10(2)9-14(24)15(13)16(23(17)22-18)11-4-6-12(19)7-5-11/h4-7,10,16H,3,8-9H2,1-2H3,(H,20,21,22)/t10-,16+/m1/s1. The molecule has 0 bridgehead atoms. The van der Waals surface area contributed by atoms with Crippen LogP contribution in [-0.2, 0) is 4.79 Å². The maximum atomic E-state index is 12.8. The number of nitrogens with one attached hydrogen (secondary N) is 1. The van der Waals surface area contributed by atoms with E-state index in [-0.39, 0.29) is 11.8 Å². The average molecular weight is 375 g/mol. The van der Waals surface area contributed by atoms with Crippen LogP contribution in [0.3, 0.4) is 0 Å². The Morgan fingerprint density at radius 1 is 1.32 bits per heavy atom. The van der Waals surface area contributed by atoms with Crippen molar-refractivity contribution in [1.82, 2.24) is 14.8 Å². The number of ketones is 1. The van der Waals surface area contributed by atoms with Crippen LogP contribution in [0.5, 0.6) is 0 Å². The first-order valence-corrected chi connectivity index (χ1v) is 9.81. The molecule has 1 aliphatic heterocycles. The molecule has 7 heteroatoms. The van der Waals surface area contributed by atoms with Crippen molar-refractivity contribution < 1.29 is 4.79 Å². The summed E-state index contributed by atoms with van der Waals surface area (Å²) < 4.78 is 1.84. The number of allylic oxidation sites excluding steroid dienone is 2. The summed E-state index contributed by atoms with van der Waals surface area (Å²) in [6, 6.07) is 7.39. The molecule has 25 heavy (non-hydrogen) atoms. The predicted molar refractivity (Wildman–Crippen MR) is 100 cm³/mol. The van der Waals surface area contributed by atoms with Gasteiger partial charge >= 0.3 is 0 Å². The van der Waals surface area contributed by atoms with Gasteiger partial charge in [0.25, 0.3) is 0 Å². The molecule has 0 fully saturated rings. The SMILES string of the molecule is CCSc1nc2n(n1)[C@@H](c1ccc(Cl)cc1)C1=C(C[C@@H](C)CC1=O)N2. The van der Waals surface area contributed by atoms with E-state index in [1.165, 1.54) is 0 Å². The summed E-state index contributed by atoms with van der Waals surface area (Å²) in [5, 5.41) is 9.41. The van der Waals surface area contributed by atoms with Gasteiger partial charge in [0.15, 0.2) is 5.78 Å². The van der Waals surface area contributed by atoms with E-state index in [2.05, 4.69) is 29.2 Å². The van der Waals surface area contributed by atoms with E-state index >= 15 is 0 Å². The van der Waals surface area contributed by atoms with E-state index in [9.17, 15) is 4.79 Å². The number of thioether (sulfide) groups is 1. The molecule has 2 atom stereocenters. The van der Waals surface area contributed by atoms with E-state index < -0.39 is 0 Å². The van der Waals surface area contributed by atoms with Crippen LogP contribution in [-0.4, -0.2) is 26.3 Å². The van der Waals surface area contributed by atoms with E-state index in [0.29, 0.717) is 23.3 Å². The molecule has 2 aliphatic rings. The molecule has 4 rings (SSSR count). The Morgan fingerprint density at radius 3 is 2.80 bits per heavy atom. The number of anilines is 1. The Bertz CT molecular complexity index is 858. The minimum atomic E-state index is -0.248. The number of rotatable bonds is 3. The van der Waals surface area contributed by atoms with Gasteiger partial charge in [-0.05, 0) is 35.8 Å². The number of benzene rings is 1. The molecule has 2 heterocycles. The van der Waals surface area contributed by atoms with Gasteiger partial charge in [-0.1, -0.05) is 49.3 Å². The zero-order valence-electron chi connectivity index (χ0n) is 14.1. The molecule has 0 saturated heterocycles. The largest absolute Gasteiger partial charge is 0.328 e. The van der Waals surface area contributed by atoms with Crippen LogP contribution in [0.2, 0.25) is 5.02 Å². The van der Waals surface area contributed by atoms with Crippen molar-refractivity contribution in [3.05, 3.63) is 46.1 Å². The Hall–Kier alpha value is -1.79. The Morgan fingerprint density at radius 2 is 2.08 bits per heavy atom. The lowest BCUT2D eigenvalue weighted by Crippen LogP contribution is -2.33. The summed E-state index contributed by atoms with van der Waals surface area (Å²) in [5.74, 6) is 2.13. The molecule has 1 aliphatic carbocycles. The molecule has 0 amide bonds. The molecule has 1 N–H and O–H groups in total. The van der Waals surface area contributed by atoms with Crippen LogP contribution in [0.4, 0.5) is 5.95 Å². The van der Waals surface area contributed by atoms with Crippen molar-refractivity contribution in [3.63, 3.8) is 0 Å². The zero-order chi connectivity index (χ0) is 17.6. The maximum Gasteiger partial charge on any atom is 0.227 e. The zero-order valence-corrected chi connectivity index (χ0v) is 15.7. The van der Waals surface area contributed by atoms with Crippen LogP contribution in [0.15, 0.2) is 40.7 Å². The van der Waals surface area contributed by atoms with Gasteiger partial charge in [-0.15, -0.1) is 5.10 Å². The topological polar surface area (TPSA) is 59.8 Å². The van der Waals surface area contributed by atoms with E-state index in [1.54, 1.807) is 11.8 Å². The molecule has 0 spiro atoms. The number of carbonyl (C=O) groups is 1. The summed E-state index contributed by atoms with van der Waals surface area (Å²) in [5.41, 5.74) is 2.79. The molecule has 2 aromatic rings. The smallest absolute Gasteiger partial charge is 0.227 e. The van der Waals surface area contributed by atoms with Gasteiger partial charge in [0.05, 0.1) is 0 Å². The second kappa shape index (κ2) is 6.50. The number of aromatic nitrogens is 3. The van der Waals surface area contributed by atoms with Gasteiger partial charge in [-0.2, -0.15) is 4.98 Å². The lowest BCUT2D eigenvalue weighted by molar-refractivity contribution is -0.117. The third kappa shape index (κ3) is 2.98. The highest BCUT2D eigenvalue weighted by atomic mass is 35.5. The van der Waals surface area contributed by atoms with Gasteiger partial charge in [0, 0.05) is 22.7 Å². The molecule has 0 radical (unpaired) electrons. The number of hydrogen-bond donors (Lipinski definition) is 1. The second-order valence-electron chi connectivity index (χ2n) is 6.50. The summed E-state index contributed by atoms with van der Waals surface area (Å²) in [6.07, 6.45) is 1.43. The summed E-state index contributed by atoms with van der Waals surface area (Å²) >= 11 is 7.65. The monoisotopic (exact) mass is 374 g/mol. The molecular formula is C18H19ClN4OS. The van der Waals surface area contributed by atoms with Crippen LogP contribution in [0.1, 0.15) is 38.3 Å². The lowest BCUT2D eigenvalue weighted by Gasteiger charge is -2.34. The molecule has 0 unspecified atom stereocenters. The molecular weight excluding hydrogens is 356 g/mol. The average Bonchev–Trinajstić information content (AvgIpc) is 2.96. The minimum Gasteiger partial charge on any atom is -0.328 e. The Balaban J connectivity index is 1.86. The lowest BCUT2D eigenvalue weighted by atomic mass is 9.81. The second-order valence-corrected chi connectivity index (χ2v) is 8.17. The highest BCUT2D eigenvalue weighted by molar-refractivity contribution is 7.99. The van der Waals surface area contributed by atoms with Gasteiger partial charge in [-0.3, -0.25) is 4.79 Å². The van der Waals surface area contributed by atoms with Gasteiger partial charge in [0.1, 0.15) is 6.04 Å². The maximum absolute atomic E-state index is 12.8. The first-order valence-electron chi connectivity index (χ1n) is 8.45. The Labute approximate surface area is 155 Å². The van der Waals surface area contributed by atoms with Crippen molar-refractivity contribution in [2.75, 3.05) is 11.1 Å². The van der Waals surface area contributed by atoms with E-state index in [0.717, 1.165) is 34.2 Å². The minimum absolute atomic E-state index is 0.187. The first kappa shape index (κ1) is 16.7. The molecule has 1 aromatic heterocycles. The van der Waals surface area contributed by atoms with Gasteiger partial charge in [0.2, 0.25) is 11.1 Å². The number of halogens is 1.